The summed E-state index contributed by atoms with van der Waals surface area (Å²) in [7, 11) is 1.74. The van der Waals surface area contributed by atoms with Gasteiger partial charge in [-0.2, -0.15) is 0 Å². The highest BCUT2D eigenvalue weighted by Crippen LogP contribution is 2.54. The van der Waals surface area contributed by atoms with Crippen LogP contribution in [0.3, 0.4) is 0 Å². The van der Waals surface area contributed by atoms with Gasteiger partial charge >= 0.3 is 0 Å². The third-order valence-electron chi connectivity index (χ3n) is 5.77. The van der Waals surface area contributed by atoms with Crippen LogP contribution in [0.4, 0.5) is 5.69 Å². The molecule has 124 valence electrons. The van der Waals surface area contributed by atoms with Gasteiger partial charge in [-0.3, -0.25) is 0 Å². The summed E-state index contributed by atoms with van der Waals surface area (Å²) in [6.07, 6.45) is 1.12. The lowest BCUT2D eigenvalue weighted by molar-refractivity contribution is 0.404. The minimum absolute atomic E-state index is 0.333. The van der Waals surface area contributed by atoms with E-state index in [0.29, 0.717) is 17.9 Å². The molecule has 0 saturated carbocycles. The summed E-state index contributed by atoms with van der Waals surface area (Å²) in [5.41, 5.74) is 6.92. The van der Waals surface area contributed by atoms with Crippen molar-refractivity contribution in [1.29, 1.82) is 0 Å². The number of anilines is 1. The third-order valence-corrected chi connectivity index (χ3v) is 5.77. The summed E-state index contributed by atoms with van der Waals surface area (Å²) in [6.45, 7) is 0. The summed E-state index contributed by atoms with van der Waals surface area (Å²) in [5.74, 6) is 1.88. The van der Waals surface area contributed by atoms with E-state index in [-0.39, 0.29) is 0 Å². The molecule has 2 nitrogen and oxygen atoms in total. The number of rotatable bonds is 2. The maximum absolute atomic E-state index is 5.50. The second-order valence-corrected chi connectivity index (χ2v) is 7.03. The number of fused-ring (bicyclic) bond motifs is 5. The molecule has 2 aliphatic rings. The molecule has 3 aromatic carbocycles. The first-order chi connectivity index (χ1) is 12.3. The zero-order valence-electron chi connectivity index (χ0n) is 14.3. The van der Waals surface area contributed by atoms with Crippen molar-refractivity contribution in [3.05, 3.63) is 95.1 Å². The van der Waals surface area contributed by atoms with E-state index in [1.54, 1.807) is 7.11 Å². The number of ether oxygens (including phenoxy) is 1. The number of benzene rings is 3. The first-order valence-electron chi connectivity index (χ1n) is 8.92. The second-order valence-electron chi connectivity index (χ2n) is 7.03. The topological polar surface area (TPSA) is 21.3 Å². The standard InChI is InChI=1S/C23H21NO/c1-25-17-11-12-21-19(14-17)22-18-10-6-5-9-16(18)13-20(22)23(24-21)15-7-3-2-4-8-15/h2-12,14,20,22-24H,13H2,1H3. The highest BCUT2D eigenvalue weighted by molar-refractivity contribution is 5.64. The molecule has 0 radical (unpaired) electrons. The molecule has 0 spiro atoms. The normalized spacial score (nSPS) is 23.2. The zero-order valence-corrected chi connectivity index (χ0v) is 14.3. The van der Waals surface area contributed by atoms with Crippen LogP contribution in [0.2, 0.25) is 0 Å². The van der Waals surface area contributed by atoms with Crippen molar-refractivity contribution in [3.8, 4) is 5.75 Å². The van der Waals surface area contributed by atoms with Crippen molar-refractivity contribution in [2.45, 2.75) is 18.4 Å². The number of hydrogen-bond acceptors (Lipinski definition) is 2. The fourth-order valence-electron chi connectivity index (χ4n) is 4.66. The Hall–Kier alpha value is -2.74. The Balaban J connectivity index is 1.69. The SMILES string of the molecule is COc1ccc2c(c1)C1c3ccccc3CC1C(c1ccccc1)N2. The minimum atomic E-state index is 0.333. The Morgan fingerprint density at radius 3 is 2.52 bits per heavy atom. The van der Waals surface area contributed by atoms with Crippen molar-refractivity contribution in [2.24, 2.45) is 5.92 Å². The minimum Gasteiger partial charge on any atom is -0.497 e. The summed E-state index contributed by atoms with van der Waals surface area (Å²) in [5, 5.41) is 3.82. The molecule has 1 N–H and O–H groups in total. The molecule has 0 fully saturated rings. The lowest BCUT2D eigenvalue weighted by Crippen LogP contribution is -2.30. The van der Waals surface area contributed by atoms with Crippen LogP contribution < -0.4 is 10.1 Å². The molecular weight excluding hydrogens is 306 g/mol. The summed E-state index contributed by atoms with van der Waals surface area (Å²) >= 11 is 0. The average molecular weight is 327 g/mol. The van der Waals surface area contributed by atoms with E-state index in [9.17, 15) is 0 Å². The van der Waals surface area contributed by atoms with Gasteiger partial charge in [0, 0.05) is 11.6 Å². The van der Waals surface area contributed by atoms with Crippen LogP contribution >= 0.6 is 0 Å². The molecule has 3 atom stereocenters. The highest BCUT2D eigenvalue weighted by Gasteiger charge is 2.43. The van der Waals surface area contributed by atoms with Crippen LogP contribution in [0.5, 0.6) is 5.75 Å². The Bertz CT molecular complexity index is 918. The molecule has 0 aromatic heterocycles. The lowest BCUT2D eigenvalue weighted by atomic mass is 9.75. The molecule has 0 bridgehead atoms. The van der Waals surface area contributed by atoms with Crippen molar-refractivity contribution in [1.82, 2.24) is 0 Å². The lowest BCUT2D eigenvalue weighted by Gasteiger charge is -2.38. The van der Waals surface area contributed by atoms with Crippen LogP contribution in [0.1, 0.15) is 34.2 Å². The van der Waals surface area contributed by atoms with Crippen LogP contribution in [-0.4, -0.2) is 7.11 Å². The van der Waals surface area contributed by atoms with Gasteiger partial charge in [0.1, 0.15) is 5.75 Å². The van der Waals surface area contributed by atoms with Crippen molar-refractivity contribution in [2.75, 3.05) is 12.4 Å². The van der Waals surface area contributed by atoms with Crippen LogP contribution in [0.15, 0.2) is 72.8 Å². The van der Waals surface area contributed by atoms with Crippen molar-refractivity contribution >= 4 is 5.69 Å². The van der Waals surface area contributed by atoms with E-state index in [4.69, 9.17) is 4.74 Å². The van der Waals surface area contributed by atoms with Gasteiger partial charge in [0.25, 0.3) is 0 Å². The molecule has 1 heterocycles. The van der Waals surface area contributed by atoms with Crippen molar-refractivity contribution < 1.29 is 4.74 Å². The van der Waals surface area contributed by atoms with Crippen LogP contribution in [0.25, 0.3) is 0 Å². The van der Waals surface area contributed by atoms with Crippen LogP contribution in [-0.2, 0) is 6.42 Å². The Morgan fingerprint density at radius 2 is 1.68 bits per heavy atom. The average Bonchev–Trinajstić information content (AvgIpc) is 3.07. The molecule has 0 amide bonds. The van der Waals surface area contributed by atoms with Gasteiger partial charge in [0.05, 0.1) is 13.2 Å². The van der Waals surface area contributed by atoms with Gasteiger partial charge < -0.3 is 10.1 Å². The van der Waals surface area contributed by atoms with E-state index in [0.717, 1.165) is 12.2 Å². The molecule has 1 aliphatic carbocycles. The molecule has 5 rings (SSSR count). The van der Waals surface area contributed by atoms with E-state index < -0.39 is 0 Å². The highest BCUT2D eigenvalue weighted by atomic mass is 16.5. The predicted molar refractivity (Wildman–Crippen MR) is 101 cm³/mol. The summed E-state index contributed by atoms with van der Waals surface area (Å²) < 4.78 is 5.50. The predicted octanol–water partition coefficient (Wildman–Crippen LogP) is 5.17. The monoisotopic (exact) mass is 327 g/mol. The Kier molecular flexibility index (Phi) is 3.30. The maximum Gasteiger partial charge on any atom is 0.119 e. The van der Waals surface area contributed by atoms with Gasteiger partial charge in [-0.15, -0.1) is 0 Å². The number of hydrogen-bond donors (Lipinski definition) is 1. The van der Waals surface area contributed by atoms with Gasteiger partial charge in [0.2, 0.25) is 0 Å². The number of methoxy groups -OCH3 is 1. The van der Waals surface area contributed by atoms with Crippen molar-refractivity contribution in [3.63, 3.8) is 0 Å². The molecule has 25 heavy (non-hydrogen) atoms. The largest absolute Gasteiger partial charge is 0.497 e. The second kappa shape index (κ2) is 5.66. The van der Waals surface area contributed by atoms with Crippen LogP contribution in [0, 0.1) is 5.92 Å². The first-order valence-corrected chi connectivity index (χ1v) is 8.92. The first kappa shape index (κ1) is 14.6. The van der Waals surface area contributed by atoms with Gasteiger partial charge in [0.15, 0.2) is 0 Å². The van der Waals surface area contributed by atoms with Gasteiger partial charge in [-0.1, -0.05) is 54.6 Å². The van der Waals surface area contributed by atoms with E-state index >= 15 is 0 Å². The Labute approximate surface area is 148 Å². The van der Waals surface area contributed by atoms with Gasteiger partial charge in [-0.05, 0) is 52.8 Å². The zero-order chi connectivity index (χ0) is 16.8. The summed E-state index contributed by atoms with van der Waals surface area (Å²) in [4.78, 5) is 0. The fraction of sp³-hybridized carbons (Fsp3) is 0.217. The quantitative estimate of drug-likeness (QED) is 0.701. The molecule has 1 aliphatic heterocycles. The molecule has 2 heteroatoms. The fourth-order valence-corrected chi connectivity index (χ4v) is 4.66. The van der Waals surface area contributed by atoms with E-state index in [1.165, 1.54) is 27.9 Å². The smallest absolute Gasteiger partial charge is 0.119 e. The number of nitrogens with one attached hydrogen (secondary N) is 1. The van der Waals surface area contributed by atoms with Gasteiger partial charge in [-0.25, -0.2) is 0 Å². The molecule has 0 saturated heterocycles. The molecule has 3 aromatic rings. The van der Waals surface area contributed by atoms with E-state index in [2.05, 4.69) is 78.1 Å². The molecular formula is C23H21NO. The van der Waals surface area contributed by atoms with E-state index in [1.807, 2.05) is 0 Å². The summed E-state index contributed by atoms with van der Waals surface area (Å²) in [6, 6.07) is 26.5. The third kappa shape index (κ3) is 2.25. The molecule has 3 unspecified atom stereocenters. The maximum atomic E-state index is 5.50. The Morgan fingerprint density at radius 1 is 0.880 bits per heavy atom.